The SMILES string of the molecule is CC(=O)Nc1nc(=O)[nH]c2cc(C)ccc12. The van der Waals surface area contributed by atoms with Crippen molar-refractivity contribution >= 4 is 22.6 Å². The van der Waals surface area contributed by atoms with Crippen LogP contribution in [0.25, 0.3) is 10.9 Å². The average Bonchev–Trinajstić information content (AvgIpc) is 2.15. The van der Waals surface area contributed by atoms with Crippen molar-refractivity contribution in [2.45, 2.75) is 13.8 Å². The lowest BCUT2D eigenvalue weighted by Gasteiger charge is -2.05. The number of aromatic nitrogens is 2. The Labute approximate surface area is 91.5 Å². The molecule has 0 saturated carbocycles. The number of hydrogen-bond donors (Lipinski definition) is 2. The van der Waals surface area contributed by atoms with Crippen LogP contribution in [0, 0.1) is 6.92 Å². The first-order valence-electron chi connectivity index (χ1n) is 4.84. The van der Waals surface area contributed by atoms with E-state index < -0.39 is 5.69 Å². The fraction of sp³-hybridized carbons (Fsp3) is 0.182. The van der Waals surface area contributed by atoms with Gasteiger partial charge in [-0.15, -0.1) is 0 Å². The molecule has 0 aliphatic heterocycles. The summed E-state index contributed by atoms with van der Waals surface area (Å²) < 4.78 is 0. The third-order valence-corrected chi connectivity index (χ3v) is 2.18. The first-order valence-corrected chi connectivity index (χ1v) is 4.84. The fourth-order valence-electron chi connectivity index (χ4n) is 1.53. The number of fused-ring (bicyclic) bond motifs is 1. The van der Waals surface area contributed by atoms with E-state index in [0.717, 1.165) is 10.9 Å². The van der Waals surface area contributed by atoms with Gasteiger partial charge in [-0.1, -0.05) is 6.07 Å². The zero-order chi connectivity index (χ0) is 11.7. The second-order valence-electron chi connectivity index (χ2n) is 3.62. The van der Waals surface area contributed by atoms with Gasteiger partial charge in [0.15, 0.2) is 0 Å². The molecule has 0 bridgehead atoms. The number of H-pyrrole nitrogens is 1. The topological polar surface area (TPSA) is 74.8 Å². The molecule has 0 aliphatic rings. The van der Waals surface area contributed by atoms with Gasteiger partial charge < -0.3 is 10.3 Å². The van der Waals surface area contributed by atoms with E-state index in [2.05, 4.69) is 15.3 Å². The van der Waals surface area contributed by atoms with Gasteiger partial charge in [-0.25, -0.2) is 4.79 Å². The third-order valence-electron chi connectivity index (χ3n) is 2.18. The molecule has 0 unspecified atom stereocenters. The maximum absolute atomic E-state index is 11.3. The zero-order valence-corrected chi connectivity index (χ0v) is 9.00. The molecule has 5 heteroatoms. The summed E-state index contributed by atoms with van der Waals surface area (Å²) in [6.07, 6.45) is 0. The number of amides is 1. The molecule has 1 aromatic carbocycles. The van der Waals surface area contributed by atoms with Crippen LogP contribution in [0.4, 0.5) is 5.82 Å². The Morgan fingerprint density at radius 1 is 1.44 bits per heavy atom. The van der Waals surface area contributed by atoms with Crippen molar-refractivity contribution in [3.63, 3.8) is 0 Å². The molecule has 1 aromatic heterocycles. The Hall–Kier alpha value is -2.17. The Balaban J connectivity index is 2.72. The van der Waals surface area contributed by atoms with Crippen LogP contribution in [0.5, 0.6) is 0 Å². The van der Waals surface area contributed by atoms with Crippen molar-refractivity contribution in [2.75, 3.05) is 5.32 Å². The quantitative estimate of drug-likeness (QED) is 0.753. The number of rotatable bonds is 1. The summed E-state index contributed by atoms with van der Waals surface area (Å²) in [6, 6.07) is 5.55. The minimum atomic E-state index is -0.471. The van der Waals surface area contributed by atoms with Gasteiger partial charge in [0.05, 0.1) is 5.52 Å². The molecule has 2 rings (SSSR count). The summed E-state index contributed by atoms with van der Waals surface area (Å²) >= 11 is 0. The van der Waals surface area contributed by atoms with Crippen molar-refractivity contribution in [3.05, 3.63) is 34.2 Å². The van der Waals surface area contributed by atoms with Crippen LogP contribution < -0.4 is 11.0 Å². The molecule has 0 atom stereocenters. The minimum Gasteiger partial charge on any atom is -0.310 e. The molecular formula is C11H11N3O2. The van der Waals surface area contributed by atoms with Crippen LogP contribution in [0.3, 0.4) is 0 Å². The van der Waals surface area contributed by atoms with E-state index in [-0.39, 0.29) is 5.91 Å². The number of hydrogen-bond acceptors (Lipinski definition) is 3. The van der Waals surface area contributed by atoms with Crippen molar-refractivity contribution in [3.8, 4) is 0 Å². The second-order valence-corrected chi connectivity index (χ2v) is 3.62. The maximum Gasteiger partial charge on any atom is 0.347 e. The summed E-state index contributed by atoms with van der Waals surface area (Å²) in [7, 11) is 0. The molecule has 82 valence electrons. The Kier molecular flexibility index (Phi) is 2.44. The molecule has 1 heterocycles. The maximum atomic E-state index is 11.3. The van der Waals surface area contributed by atoms with Crippen LogP contribution in [0.2, 0.25) is 0 Å². The van der Waals surface area contributed by atoms with Gasteiger partial charge in [0, 0.05) is 12.3 Å². The lowest BCUT2D eigenvalue weighted by atomic mass is 10.1. The number of nitrogens with one attached hydrogen (secondary N) is 2. The van der Waals surface area contributed by atoms with Gasteiger partial charge >= 0.3 is 5.69 Å². The largest absolute Gasteiger partial charge is 0.347 e. The standard InChI is InChI=1S/C11H11N3O2/c1-6-3-4-8-9(5-6)13-11(16)14-10(8)12-7(2)15/h3-5H,1-2H3,(H2,12,13,14,15,16). The van der Waals surface area contributed by atoms with Gasteiger partial charge in [-0.05, 0) is 24.6 Å². The van der Waals surface area contributed by atoms with E-state index in [9.17, 15) is 9.59 Å². The van der Waals surface area contributed by atoms with Gasteiger partial charge in [0.2, 0.25) is 5.91 Å². The predicted molar refractivity (Wildman–Crippen MR) is 61.4 cm³/mol. The summed E-state index contributed by atoms with van der Waals surface area (Å²) in [5.74, 6) is 0.0474. The number of benzene rings is 1. The number of nitrogens with zero attached hydrogens (tertiary/aromatic N) is 1. The summed E-state index contributed by atoms with van der Waals surface area (Å²) in [6.45, 7) is 3.30. The lowest BCUT2D eigenvalue weighted by molar-refractivity contribution is -0.114. The Morgan fingerprint density at radius 3 is 2.88 bits per heavy atom. The molecular weight excluding hydrogens is 206 g/mol. The van der Waals surface area contributed by atoms with Crippen molar-refractivity contribution in [1.82, 2.24) is 9.97 Å². The average molecular weight is 217 g/mol. The van der Waals surface area contributed by atoms with Crippen LogP contribution >= 0.6 is 0 Å². The highest BCUT2D eigenvalue weighted by atomic mass is 16.2. The van der Waals surface area contributed by atoms with E-state index in [4.69, 9.17) is 0 Å². The molecule has 0 fully saturated rings. The second kappa shape index (κ2) is 3.77. The van der Waals surface area contributed by atoms with E-state index in [1.165, 1.54) is 6.92 Å². The van der Waals surface area contributed by atoms with Crippen molar-refractivity contribution in [1.29, 1.82) is 0 Å². The number of aryl methyl sites for hydroxylation is 1. The van der Waals surface area contributed by atoms with E-state index in [1.807, 2.05) is 25.1 Å². The van der Waals surface area contributed by atoms with Crippen molar-refractivity contribution < 1.29 is 4.79 Å². The normalized spacial score (nSPS) is 10.4. The van der Waals surface area contributed by atoms with Crippen molar-refractivity contribution in [2.24, 2.45) is 0 Å². The van der Waals surface area contributed by atoms with Gasteiger partial charge in [-0.2, -0.15) is 4.98 Å². The first-order chi connectivity index (χ1) is 7.56. The fourth-order valence-corrected chi connectivity index (χ4v) is 1.53. The highest BCUT2D eigenvalue weighted by Gasteiger charge is 2.06. The highest BCUT2D eigenvalue weighted by Crippen LogP contribution is 2.18. The molecule has 1 amide bonds. The minimum absolute atomic E-state index is 0.250. The number of carbonyl (C=O) groups excluding carboxylic acids is 1. The molecule has 5 nitrogen and oxygen atoms in total. The Bertz CT molecular complexity index is 616. The lowest BCUT2D eigenvalue weighted by Crippen LogP contribution is -2.16. The number of carbonyl (C=O) groups is 1. The van der Waals surface area contributed by atoms with Crippen LogP contribution in [-0.4, -0.2) is 15.9 Å². The molecule has 2 N–H and O–H groups in total. The highest BCUT2D eigenvalue weighted by molar-refractivity contribution is 5.98. The van der Waals surface area contributed by atoms with Crippen LogP contribution in [0.1, 0.15) is 12.5 Å². The Morgan fingerprint density at radius 2 is 2.19 bits per heavy atom. The van der Waals surface area contributed by atoms with Crippen LogP contribution in [-0.2, 0) is 4.79 Å². The van der Waals surface area contributed by atoms with Gasteiger partial charge in [-0.3, -0.25) is 4.79 Å². The van der Waals surface area contributed by atoms with E-state index >= 15 is 0 Å². The molecule has 16 heavy (non-hydrogen) atoms. The van der Waals surface area contributed by atoms with E-state index in [0.29, 0.717) is 11.3 Å². The summed E-state index contributed by atoms with van der Waals surface area (Å²) in [4.78, 5) is 28.6. The van der Waals surface area contributed by atoms with Gasteiger partial charge in [0.1, 0.15) is 5.82 Å². The number of aromatic amines is 1. The van der Waals surface area contributed by atoms with E-state index in [1.54, 1.807) is 0 Å². The molecule has 0 aliphatic carbocycles. The summed E-state index contributed by atoms with van der Waals surface area (Å²) in [5.41, 5.74) is 1.23. The number of anilines is 1. The molecule has 2 aromatic rings. The smallest absolute Gasteiger partial charge is 0.310 e. The molecule has 0 saturated heterocycles. The van der Waals surface area contributed by atoms with Crippen LogP contribution in [0.15, 0.2) is 23.0 Å². The third kappa shape index (κ3) is 1.93. The zero-order valence-electron chi connectivity index (χ0n) is 9.00. The molecule has 0 spiro atoms. The predicted octanol–water partition coefficient (Wildman–Crippen LogP) is 1.19. The first kappa shape index (κ1) is 10.4. The molecule has 0 radical (unpaired) electrons. The van der Waals surface area contributed by atoms with Gasteiger partial charge in [0.25, 0.3) is 0 Å². The monoisotopic (exact) mass is 217 g/mol. The summed E-state index contributed by atoms with van der Waals surface area (Å²) in [5, 5.41) is 3.26.